The monoisotopic (exact) mass is 485 g/mol. The van der Waals surface area contributed by atoms with Crippen LogP contribution in [0.1, 0.15) is 45.5 Å². The number of hydrogen-bond donors (Lipinski definition) is 0. The summed E-state index contributed by atoms with van der Waals surface area (Å²) < 4.78 is 8.30. The van der Waals surface area contributed by atoms with Crippen molar-refractivity contribution in [2.75, 3.05) is 13.1 Å². The standard InChI is InChI=1S/C28H24ClN3O3/c1-18-13-25-21(15-22(18)29)24(33)16-28(35-25)8-11-31(12-9-28)27(34)20-7-10-32-17-23(30-26(32)14-20)19-5-3-2-4-6-19/h2-7,10,13-15,17H,8-9,11-12,16H2,1H3. The highest BCUT2D eigenvalue weighted by atomic mass is 35.5. The predicted octanol–water partition coefficient (Wildman–Crippen LogP) is 5.60. The van der Waals surface area contributed by atoms with Crippen LogP contribution in [-0.2, 0) is 0 Å². The molecule has 0 aliphatic carbocycles. The number of hydrogen-bond acceptors (Lipinski definition) is 4. The summed E-state index contributed by atoms with van der Waals surface area (Å²) in [5, 5.41) is 0.572. The number of aromatic nitrogens is 2. The maximum absolute atomic E-state index is 13.3. The highest BCUT2D eigenvalue weighted by Crippen LogP contribution is 2.41. The number of rotatable bonds is 2. The highest BCUT2D eigenvalue weighted by molar-refractivity contribution is 6.31. The van der Waals surface area contributed by atoms with E-state index in [1.807, 2.05) is 77.1 Å². The van der Waals surface area contributed by atoms with Crippen LogP contribution in [0.5, 0.6) is 5.75 Å². The molecule has 6 nitrogen and oxygen atoms in total. The molecule has 0 radical (unpaired) electrons. The smallest absolute Gasteiger partial charge is 0.254 e. The Labute approximate surface area is 208 Å². The van der Waals surface area contributed by atoms with Crippen LogP contribution in [0.3, 0.4) is 0 Å². The van der Waals surface area contributed by atoms with Gasteiger partial charge in [-0.2, -0.15) is 0 Å². The number of ether oxygens (including phenoxy) is 1. The van der Waals surface area contributed by atoms with Crippen LogP contribution in [0, 0.1) is 6.92 Å². The number of benzene rings is 2. The van der Waals surface area contributed by atoms with Crippen molar-refractivity contribution in [3.05, 3.63) is 88.7 Å². The van der Waals surface area contributed by atoms with Crippen LogP contribution < -0.4 is 4.74 Å². The normalized spacial score (nSPS) is 16.9. The second-order valence-corrected chi connectivity index (χ2v) is 9.86. The molecule has 0 saturated carbocycles. The van der Waals surface area contributed by atoms with Gasteiger partial charge in [0, 0.05) is 54.5 Å². The number of likely N-dealkylation sites (tertiary alicyclic amines) is 1. The minimum absolute atomic E-state index is 0.0308. The molecular formula is C28H24ClN3O3. The Bertz CT molecular complexity index is 1470. The molecule has 2 aliphatic heterocycles. The van der Waals surface area contributed by atoms with E-state index in [1.165, 1.54) is 0 Å². The van der Waals surface area contributed by atoms with E-state index in [1.54, 1.807) is 6.07 Å². The molecule has 1 amide bonds. The minimum Gasteiger partial charge on any atom is -0.486 e. The molecule has 4 heterocycles. The Kier molecular flexibility index (Phi) is 5.15. The molecule has 1 spiro atoms. The number of pyridine rings is 1. The molecule has 2 aromatic carbocycles. The molecule has 35 heavy (non-hydrogen) atoms. The first-order valence-corrected chi connectivity index (χ1v) is 12.1. The molecule has 1 saturated heterocycles. The predicted molar refractivity (Wildman–Crippen MR) is 134 cm³/mol. The van der Waals surface area contributed by atoms with Crippen LogP contribution in [-0.4, -0.2) is 44.7 Å². The Morgan fingerprint density at radius 1 is 1.09 bits per heavy atom. The lowest BCUT2D eigenvalue weighted by molar-refractivity contribution is -0.00573. The van der Waals surface area contributed by atoms with E-state index in [0.717, 1.165) is 22.5 Å². The van der Waals surface area contributed by atoms with E-state index in [4.69, 9.17) is 21.3 Å². The number of Topliss-reactive ketones (excluding diaryl/α,β-unsaturated/α-hetero) is 1. The summed E-state index contributed by atoms with van der Waals surface area (Å²) in [5.74, 6) is 0.616. The van der Waals surface area contributed by atoms with Gasteiger partial charge in [-0.1, -0.05) is 41.9 Å². The molecule has 176 valence electrons. The summed E-state index contributed by atoms with van der Waals surface area (Å²) in [6.07, 6.45) is 5.36. The Balaban J connectivity index is 1.19. The largest absolute Gasteiger partial charge is 0.486 e. The summed E-state index contributed by atoms with van der Waals surface area (Å²) >= 11 is 6.21. The van der Waals surface area contributed by atoms with E-state index < -0.39 is 5.60 Å². The molecule has 7 heteroatoms. The van der Waals surface area contributed by atoms with E-state index >= 15 is 0 Å². The van der Waals surface area contributed by atoms with Gasteiger partial charge in [-0.25, -0.2) is 4.98 Å². The number of fused-ring (bicyclic) bond motifs is 2. The van der Waals surface area contributed by atoms with Gasteiger partial charge in [0.05, 0.1) is 17.7 Å². The molecule has 0 N–H and O–H groups in total. The lowest BCUT2D eigenvalue weighted by Crippen LogP contribution is -2.52. The van der Waals surface area contributed by atoms with Gasteiger partial charge in [0.1, 0.15) is 17.0 Å². The molecular weight excluding hydrogens is 462 g/mol. The van der Waals surface area contributed by atoms with Gasteiger partial charge in [0.2, 0.25) is 0 Å². The number of halogens is 1. The number of ketones is 1. The topological polar surface area (TPSA) is 63.9 Å². The maximum atomic E-state index is 13.3. The van der Waals surface area contributed by atoms with Crippen molar-refractivity contribution >= 4 is 28.9 Å². The molecule has 4 aromatic rings. The average molecular weight is 486 g/mol. The van der Waals surface area contributed by atoms with Crippen LogP contribution in [0.15, 0.2) is 67.0 Å². The lowest BCUT2D eigenvalue weighted by Gasteiger charge is -2.44. The van der Waals surface area contributed by atoms with E-state index in [-0.39, 0.29) is 11.7 Å². The van der Waals surface area contributed by atoms with Crippen LogP contribution in [0.25, 0.3) is 16.9 Å². The Morgan fingerprint density at radius 2 is 1.86 bits per heavy atom. The summed E-state index contributed by atoms with van der Waals surface area (Å²) in [5.41, 5.74) is 4.10. The number of carbonyl (C=O) groups excluding carboxylic acids is 2. The zero-order chi connectivity index (χ0) is 24.2. The third-order valence-electron chi connectivity index (χ3n) is 7.11. The minimum atomic E-state index is -0.571. The van der Waals surface area contributed by atoms with E-state index in [2.05, 4.69) is 0 Å². The fraction of sp³-hybridized carbons (Fsp3) is 0.250. The van der Waals surface area contributed by atoms with Gasteiger partial charge in [-0.05, 0) is 36.8 Å². The average Bonchev–Trinajstić information content (AvgIpc) is 3.30. The van der Waals surface area contributed by atoms with Crippen molar-refractivity contribution < 1.29 is 14.3 Å². The first-order valence-electron chi connectivity index (χ1n) is 11.8. The molecule has 0 unspecified atom stereocenters. The van der Waals surface area contributed by atoms with Crippen LogP contribution in [0.4, 0.5) is 0 Å². The Hall–Kier alpha value is -3.64. The summed E-state index contributed by atoms with van der Waals surface area (Å²) in [7, 11) is 0. The van der Waals surface area contributed by atoms with Crippen molar-refractivity contribution in [1.82, 2.24) is 14.3 Å². The quantitative estimate of drug-likeness (QED) is 0.370. The first kappa shape index (κ1) is 21.9. The summed E-state index contributed by atoms with van der Waals surface area (Å²) in [6, 6.07) is 17.2. The van der Waals surface area contributed by atoms with Crippen molar-refractivity contribution in [3.63, 3.8) is 0 Å². The fourth-order valence-electron chi connectivity index (χ4n) is 5.06. The fourth-order valence-corrected chi connectivity index (χ4v) is 5.22. The SMILES string of the molecule is Cc1cc2c(cc1Cl)C(=O)CC1(CCN(C(=O)c3ccn4cc(-c5ccccc5)nc4c3)CC1)O2. The van der Waals surface area contributed by atoms with Crippen LogP contribution in [0.2, 0.25) is 5.02 Å². The van der Waals surface area contributed by atoms with Crippen molar-refractivity contribution in [1.29, 1.82) is 0 Å². The molecule has 2 aromatic heterocycles. The zero-order valence-corrected chi connectivity index (χ0v) is 20.1. The molecule has 0 bridgehead atoms. The van der Waals surface area contributed by atoms with Gasteiger partial charge >= 0.3 is 0 Å². The number of piperidine rings is 1. The second kappa shape index (κ2) is 8.24. The van der Waals surface area contributed by atoms with Crippen LogP contribution >= 0.6 is 11.6 Å². The highest BCUT2D eigenvalue weighted by Gasteiger charge is 2.44. The van der Waals surface area contributed by atoms with Gasteiger partial charge in [-0.3, -0.25) is 9.59 Å². The van der Waals surface area contributed by atoms with Gasteiger partial charge in [0.25, 0.3) is 5.91 Å². The van der Waals surface area contributed by atoms with E-state index in [0.29, 0.717) is 54.3 Å². The van der Waals surface area contributed by atoms with Crippen molar-refractivity contribution in [2.45, 2.75) is 31.8 Å². The first-order chi connectivity index (χ1) is 16.9. The maximum Gasteiger partial charge on any atom is 0.254 e. The zero-order valence-electron chi connectivity index (χ0n) is 19.3. The van der Waals surface area contributed by atoms with E-state index in [9.17, 15) is 9.59 Å². The number of nitrogens with zero attached hydrogens (tertiary/aromatic N) is 3. The molecule has 1 fully saturated rings. The van der Waals surface area contributed by atoms with Gasteiger partial charge < -0.3 is 14.0 Å². The number of aryl methyl sites for hydroxylation is 1. The third kappa shape index (κ3) is 3.88. The lowest BCUT2D eigenvalue weighted by atomic mass is 9.82. The van der Waals surface area contributed by atoms with Gasteiger partial charge in [0.15, 0.2) is 5.78 Å². The van der Waals surface area contributed by atoms with Gasteiger partial charge in [-0.15, -0.1) is 0 Å². The van der Waals surface area contributed by atoms with Crippen molar-refractivity contribution in [2.24, 2.45) is 0 Å². The summed E-state index contributed by atoms with van der Waals surface area (Å²) in [6.45, 7) is 2.96. The van der Waals surface area contributed by atoms with Crippen molar-refractivity contribution in [3.8, 4) is 17.0 Å². The molecule has 2 aliphatic rings. The summed E-state index contributed by atoms with van der Waals surface area (Å²) in [4.78, 5) is 32.7. The molecule has 6 rings (SSSR count). The molecule has 0 atom stereocenters. The number of carbonyl (C=O) groups is 2. The number of imidazole rings is 1. The number of amides is 1. The second-order valence-electron chi connectivity index (χ2n) is 9.45. The third-order valence-corrected chi connectivity index (χ3v) is 7.52. The Morgan fingerprint density at radius 3 is 2.63 bits per heavy atom.